The summed E-state index contributed by atoms with van der Waals surface area (Å²) >= 11 is 0. The summed E-state index contributed by atoms with van der Waals surface area (Å²) in [5.74, 6) is 0.896. The molecule has 2 aromatic heterocycles. The van der Waals surface area contributed by atoms with Gasteiger partial charge in [0.15, 0.2) is 0 Å². The first-order valence-corrected chi connectivity index (χ1v) is 5.52. The SMILES string of the molecule is CCCNc1cc(-n2ccc(C)n2)ccn1. The van der Waals surface area contributed by atoms with Crippen LogP contribution in [0.5, 0.6) is 0 Å². The van der Waals surface area contributed by atoms with Gasteiger partial charge in [-0.25, -0.2) is 9.67 Å². The highest BCUT2D eigenvalue weighted by Crippen LogP contribution is 2.11. The van der Waals surface area contributed by atoms with E-state index < -0.39 is 0 Å². The summed E-state index contributed by atoms with van der Waals surface area (Å²) in [5.41, 5.74) is 2.04. The van der Waals surface area contributed by atoms with Crippen molar-refractivity contribution < 1.29 is 0 Å². The number of anilines is 1. The van der Waals surface area contributed by atoms with Gasteiger partial charge in [0.05, 0.1) is 11.4 Å². The largest absolute Gasteiger partial charge is 0.370 e. The molecular weight excluding hydrogens is 200 g/mol. The summed E-state index contributed by atoms with van der Waals surface area (Å²) in [6.45, 7) is 5.05. The van der Waals surface area contributed by atoms with Gasteiger partial charge in [0.1, 0.15) is 5.82 Å². The van der Waals surface area contributed by atoms with Crippen molar-refractivity contribution in [3.05, 3.63) is 36.3 Å². The fourth-order valence-corrected chi connectivity index (χ4v) is 1.47. The lowest BCUT2D eigenvalue weighted by Crippen LogP contribution is -2.03. The molecule has 0 bridgehead atoms. The Bertz CT molecular complexity index is 462. The third-order valence-electron chi connectivity index (χ3n) is 2.29. The van der Waals surface area contributed by atoms with E-state index in [1.807, 2.05) is 36.0 Å². The van der Waals surface area contributed by atoms with Crippen molar-refractivity contribution in [2.45, 2.75) is 20.3 Å². The highest BCUT2D eigenvalue weighted by atomic mass is 15.3. The van der Waals surface area contributed by atoms with Crippen LogP contribution in [0.25, 0.3) is 5.69 Å². The molecule has 16 heavy (non-hydrogen) atoms. The highest BCUT2D eigenvalue weighted by Gasteiger charge is 2.00. The number of aryl methyl sites for hydroxylation is 1. The van der Waals surface area contributed by atoms with Crippen LogP contribution in [-0.2, 0) is 0 Å². The van der Waals surface area contributed by atoms with Gasteiger partial charge < -0.3 is 5.32 Å². The van der Waals surface area contributed by atoms with E-state index in [4.69, 9.17) is 0 Å². The average molecular weight is 216 g/mol. The molecule has 0 aliphatic heterocycles. The topological polar surface area (TPSA) is 42.7 Å². The Balaban J connectivity index is 2.22. The predicted molar refractivity (Wildman–Crippen MR) is 64.9 cm³/mol. The lowest BCUT2D eigenvalue weighted by Gasteiger charge is -2.06. The molecule has 0 aliphatic carbocycles. The molecular formula is C12H16N4. The van der Waals surface area contributed by atoms with Crippen LogP contribution < -0.4 is 5.32 Å². The second kappa shape index (κ2) is 4.79. The smallest absolute Gasteiger partial charge is 0.128 e. The minimum absolute atomic E-state index is 0.896. The fraction of sp³-hybridized carbons (Fsp3) is 0.333. The highest BCUT2D eigenvalue weighted by molar-refractivity contribution is 5.44. The molecule has 4 heteroatoms. The first-order valence-electron chi connectivity index (χ1n) is 5.52. The molecule has 0 atom stereocenters. The number of hydrogen-bond donors (Lipinski definition) is 1. The Morgan fingerprint density at radius 1 is 1.38 bits per heavy atom. The molecule has 84 valence electrons. The summed E-state index contributed by atoms with van der Waals surface area (Å²) in [6.07, 6.45) is 4.84. The van der Waals surface area contributed by atoms with Crippen LogP contribution in [-0.4, -0.2) is 21.3 Å². The van der Waals surface area contributed by atoms with E-state index in [1.54, 1.807) is 6.20 Å². The van der Waals surface area contributed by atoms with Crippen LogP contribution in [0.3, 0.4) is 0 Å². The molecule has 0 radical (unpaired) electrons. The summed E-state index contributed by atoms with van der Waals surface area (Å²) < 4.78 is 1.86. The van der Waals surface area contributed by atoms with Crippen LogP contribution in [0.4, 0.5) is 5.82 Å². The summed E-state index contributed by atoms with van der Waals surface area (Å²) in [6, 6.07) is 5.94. The molecule has 4 nitrogen and oxygen atoms in total. The number of hydrogen-bond acceptors (Lipinski definition) is 3. The van der Waals surface area contributed by atoms with Gasteiger partial charge in [-0.3, -0.25) is 0 Å². The van der Waals surface area contributed by atoms with Crippen molar-refractivity contribution in [1.29, 1.82) is 0 Å². The maximum Gasteiger partial charge on any atom is 0.128 e. The van der Waals surface area contributed by atoms with Crippen molar-refractivity contribution >= 4 is 5.82 Å². The van der Waals surface area contributed by atoms with Gasteiger partial charge in [0, 0.05) is 25.0 Å². The molecule has 0 amide bonds. The van der Waals surface area contributed by atoms with E-state index in [0.717, 1.165) is 30.2 Å². The Hall–Kier alpha value is -1.84. The molecule has 0 saturated heterocycles. The van der Waals surface area contributed by atoms with E-state index in [0.29, 0.717) is 0 Å². The minimum Gasteiger partial charge on any atom is -0.370 e. The normalized spacial score (nSPS) is 10.4. The molecule has 2 heterocycles. The van der Waals surface area contributed by atoms with Gasteiger partial charge >= 0.3 is 0 Å². The van der Waals surface area contributed by atoms with Crippen molar-refractivity contribution in [2.24, 2.45) is 0 Å². The van der Waals surface area contributed by atoms with E-state index >= 15 is 0 Å². The van der Waals surface area contributed by atoms with Crippen molar-refractivity contribution in [1.82, 2.24) is 14.8 Å². The van der Waals surface area contributed by atoms with Crippen LogP contribution in [0, 0.1) is 6.92 Å². The molecule has 0 fully saturated rings. The van der Waals surface area contributed by atoms with Gasteiger partial charge in [-0.1, -0.05) is 6.92 Å². The standard InChI is InChI=1S/C12H16N4/c1-3-6-13-12-9-11(4-7-14-12)16-8-5-10(2)15-16/h4-5,7-9H,3,6H2,1-2H3,(H,13,14). The molecule has 0 spiro atoms. The van der Waals surface area contributed by atoms with Gasteiger partial charge in [-0.2, -0.15) is 5.10 Å². The Morgan fingerprint density at radius 3 is 2.94 bits per heavy atom. The number of pyridine rings is 1. The Kier molecular flexibility index (Phi) is 3.19. The molecule has 2 rings (SSSR count). The zero-order valence-electron chi connectivity index (χ0n) is 9.64. The maximum atomic E-state index is 4.36. The van der Waals surface area contributed by atoms with Crippen LogP contribution in [0.2, 0.25) is 0 Å². The summed E-state index contributed by atoms with van der Waals surface area (Å²) in [5, 5.41) is 7.62. The van der Waals surface area contributed by atoms with Crippen molar-refractivity contribution in [2.75, 3.05) is 11.9 Å². The third-order valence-corrected chi connectivity index (χ3v) is 2.29. The Morgan fingerprint density at radius 2 is 2.25 bits per heavy atom. The lowest BCUT2D eigenvalue weighted by atomic mass is 10.4. The maximum absolute atomic E-state index is 4.36. The Labute approximate surface area is 95.3 Å². The lowest BCUT2D eigenvalue weighted by molar-refractivity contribution is 0.859. The second-order valence-corrected chi connectivity index (χ2v) is 3.73. The summed E-state index contributed by atoms with van der Waals surface area (Å²) in [4.78, 5) is 4.26. The monoisotopic (exact) mass is 216 g/mol. The zero-order valence-corrected chi connectivity index (χ0v) is 9.64. The number of nitrogens with one attached hydrogen (secondary N) is 1. The number of aromatic nitrogens is 3. The van der Waals surface area contributed by atoms with Gasteiger partial charge in [-0.05, 0) is 25.5 Å². The van der Waals surface area contributed by atoms with Crippen molar-refractivity contribution in [3.8, 4) is 5.69 Å². The zero-order chi connectivity index (χ0) is 11.4. The van der Waals surface area contributed by atoms with Crippen LogP contribution in [0.1, 0.15) is 19.0 Å². The number of rotatable bonds is 4. The average Bonchev–Trinajstić information content (AvgIpc) is 2.74. The van der Waals surface area contributed by atoms with E-state index in [2.05, 4.69) is 22.3 Å². The van der Waals surface area contributed by atoms with Gasteiger partial charge in [0.25, 0.3) is 0 Å². The van der Waals surface area contributed by atoms with E-state index in [1.165, 1.54) is 0 Å². The molecule has 1 N–H and O–H groups in total. The predicted octanol–water partition coefficient (Wildman–Crippen LogP) is 2.40. The molecule has 0 saturated carbocycles. The third kappa shape index (κ3) is 2.39. The first kappa shape index (κ1) is 10.7. The van der Waals surface area contributed by atoms with Crippen LogP contribution in [0.15, 0.2) is 30.6 Å². The molecule has 0 aliphatic rings. The van der Waals surface area contributed by atoms with Gasteiger partial charge in [-0.15, -0.1) is 0 Å². The van der Waals surface area contributed by atoms with Gasteiger partial charge in [0.2, 0.25) is 0 Å². The van der Waals surface area contributed by atoms with Crippen LogP contribution >= 0.6 is 0 Å². The fourth-order valence-electron chi connectivity index (χ4n) is 1.47. The molecule has 2 aromatic rings. The summed E-state index contributed by atoms with van der Waals surface area (Å²) in [7, 11) is 0. The van der Waals surface area contributed by atoms with Crippen molar-refractivity contribution in [3.63, 3.8) is 0 Å². The first-order chi connectivity index (χ1) is 7.79. The second-order valence-electron chi connectivity index (χ2n) is 3.73. The molecule has 0 unspecified atom stereocenters. The molecule has 0 aromatic carbocycles. The quantitative estimate of drug-likeness (QED) is 0.853. The van der Waals surface area contributed by atoms with E-state index in [9.17, 15) is 0 Å². The van der Waals surface area contributed by atoms with E-state index in [-0.39, 0.29) is 0 Å². The minimum atomic E-state index is 0.896. The number of nitrogens with zero attached hydrogens (tertiary/aromatic N) is 3.